The Kier molecular flexibility index (Phi) is 2.74. The number of aromatic nitrogens is 4. The SMILES string of the molecule is O=c1[nH]c2cc3cc(-c4ncc(F)cc4Cl)ccc3nc2[nH]1. The number of fused-ring (bicyclic) bond motifs is 2. The zero-order valence-electron chi connectivity index (χ0n) is 11.0. The van der Waals surface area contributed by atoms with Gasteiger partial charge in [-0.1, -0.05) is 17.7 Å². The highest BCUT2D eigenvalue weighted by atomic mass is 35.5. The van der Waals surface area contributed by atoms with Crippen LogP contribution in [-0.2, 0) is 0 Å². The molecule has 0 fully saturated rings. The van der Waals surface area contributed by atoms with Gasteiger partial charge in [0.1, 0.15) is 5.82 Å². The van der Waals surface area contributed by atoms with Crippen LogP contribution < -0.4 is 5.69 Å². The lowest BCUT2D eigenvalue weighted by Gasteiger charge is -2.05. The molecule has 0 aliphatic rings. The number of hydrogen-bond acceptors (Lipinski definition) is 3. The third-order valence-corrected chi connectivity index (χ3v) is 3.66. The molecule has 2 N–H and O–H groups in total. The summed E-state index contributed by atoms with van der Waals surface area (Å²) < 4.78 is 13.1. The van der Waals surface area contributed by atoms with Gasteiger partial charge in [-0.05, 0) is 24.3 Å². The normalized spacial score (nSPS) is 11.4. The van der Waals surface area contributed by atoms with Crippen molar-refractivity contribution in [3.63, 3.8) is 0 Å². The maximum absolute atomic E-state index is 13.1. The summed E-state index contributed by atoms with van der Waals surface area (Å²) in [5, 5.41) is 1.06. The van der Waals surface area contributed by atoms with Gasteiger partial charge >= 0.3 is 5.69 Å². The van der Waals surface area contributed by atoms with Crippen LogP contribution in [0.3, 0.4) is 0 Å². The van der Waals surface area contributed by atoms with Crippen LogP contribution in [0.5, 0.6) is 0 Å². The second-order valence-electron chi connectivity index (χ2n) is 4.86. The molecule has 1 aromatic carbocycles. The molecule has 5 nitrogen and oxygen atoms in total. The Morgan fingerprint density at radius 1 is 1.14 bits per heavy atom. The van der Waals surface area contributed by atoms with Crippen LogP contribution in [0.4, 0.5) is 4.39 Å². The van der Waals surface area contributed by atoms with Gasteiger partial charge in [0, 0.05) is 10.9 Å². The van der Waals surface area contributed by atoms with Crippen LogP contribution >= 0.6 is 11.6 Å². The van der Waals surface area contributed by atoms with Crippen LogP contribution in [0, 0.1) is 5.82 Å². The third-order valence-electron chi connectivity index (χ3n) is 3.38. The van der Waals surface area contributed by atoms with E-state index in [4.69, 9.17) is 11.6 Å². The Bertz CT molecular complexity index is 1090. The molecule has 0 atom stereocenters. The van der Waals surface area contributed by atoms with E-state index in [9.17, 15) is 9.18 Å². The third kappa shape index (κ3) is 2.05. The summed E-state index contributed by atoms with van der Waals surface area (Å²) in [5.41, 5.74) is 2.78. The molecule has 0 bridgehead atoms. The van der Waals surface area contributed by atoms with Crippen LogP contribution in [0.2, 0.25) is 5.02 Å². The second kappa shape index (κ2) is 4.64. The van der Waals surface area contributed by atoms with Crippen molar-refractivity contribution >= 4 is 33.7 Å². The van der Waals surface area contributed by atoms with Crippen LogP contribution in [0.15, 0.2) is 41.3 Å². The number of aromatic amines is 2. The van der Waals surface area contributed by atoms with E-state index in [0.29, 0.717) is 16.9 Å². The first-order valence-electron chi connectivity index (χ1n) is 6.44. The Morgan fingerprint density at radius 3 is 2.82 bits per heavy atom. The van der Waals surface area contributed by atoms with Gasteiger partial charge in [-0.25, -0.2) is 14.2 Å². The first-order chi connectivity index (χ1) is 10.6. The van der Waals surface area contributed by atoms with E-state index < -0.39 is 5.82 Å². The van der Waals surface area contributed by atoms with Crippen molar-refractivity contribution in [2.75, 3.05) is 0 Å². The Morgan fingerprint density at radius 2 is 2.00 bits per heavy atom. The van der Waals surface area contributed by atoms with Crippen LogP contribution in [-0.4, -0.2) is 19.9 Å². The molecule has 22 heavy (non-hydrogen) atoms. The minimum Gasteiger partial charge on any atom is -0.304 e. The molecule has 7 heteroatoms. The number of imidazole rings is 1. The van der Waals surface area contributed by atoms with E-state index in [2.05, 4.69) is 19.9 Å². The predicted molar refractivity (Wildman–Crippen MR) is 82.4 cm³/mol. The molecule has 0 aliphatic heterocycles. The molecular formula is C15H8ClFN4O. The van der Waals surface area contributed by atoms with Gasteiger partial charge in [0.2, 0.25) is 0 Å². The molecular weight excluding hydrogens is 307 g/mol. The Balaban J connectivity index is 1.95. The smallest absolute Gasteiger partial charge is 0.304 e. The molecule has 3 heterocycles. The number of H-pyrrole nitrogens is 2. The lowest BCUT2D eigenvalue weighted by Crippen LogP contribution is -1.99. The first-order valence-corrected chi connectivity index (χ1v) is 6.82. The minimum atomic E-state index is -0.484. The summed E-state index contributed by atoms with van der Waals surface area (Å²) in [5.74, 6) is -0.484. The number of pyridine rings is 2. The molecule has 108 valence electrons. The average Bonchev–Trinajstić information content (AvgIpc) is 2.83. The maximum atomic E-state index is 13.1. The average molecular weight is 315 g/mol. The number of nitrogens with one attached hydrogen (secondary N) is 2. The van der Waals surface area contributed by atoms with Gasteiger partial charge < -0.3 is 4.98 Å². The fraction of sp³-hybridized carbons (Fsp3) is 0. The van der Waals surface area contributed by atoms with Gasteiger partial charge in [-0.2, -0.15) is 0 Å². The largest absolute Gasteiger partial charge is 0.325 e. The summed E-state index contributed by atoms with van der Waals surface area (Å²) in [6.07, 6.45) is 1.12. The van der Waals surface area contributed by atoms with Crippen molar-refractivity contribution in [3.05, 3.63) is 57.9 Å². The molecule has 0 unspecified atom stereocenters. The van der Waals surface area contributed by atoms with Crippen LogP contribution in [0.1, 0.15) is 0 Å². The van der Waals surface area contributed by atoms with E-state index >= 15 is 0 Å². The van der Waals surface area contributed by atoms with Crippen LogP contribution in [0.25, 0.3) is 33.3 Å². The zero-order valence-corrected chi connectivity index (χ0v) is 11.8. The van der Waals surface area contributed by atoms with Gasteiger partial charge in [-0.3, -0.25) is 9.97 Å². The molecule has 0 saturated carbocycles. The minimum absolute atomic E-state index is 0.239. The fourth-order valence-electron chi connectivity index (χ4n) is 2.40. The topological polar surface area (TPSA) is 74.4 Å². The first kappa shape index (κ1) is 13.0. The van der Waals surface area contributed by atoms with Crippen molar-refractivity contribution in [3.8, 4) is 11.3 Å². The van der Waals surface area contributed by atoms with Gasteiger partial charge in [0.15, 0.2) is 5.65 Å². The van der Waals surface area contributed by atoms with E-state index in [1.165, 1.54) is 6.07 Å². The van der Waals surface area contributed by atoms with Gasteiger partial charge in [-0.15, -0.1) is 0 Å². The number of halogens is 2. The van der Waals surface area contributed by atoms with Crippen molar-refractivity contribution < 1.29 is 4.39 Å². The van der Waals surface area contributed by atoms with Gasteiger partial charge in [0.05, 0.1) is 27.9 Å². The zero-order chi connectivity index (χ0) is 15.3. The lowest BCUT2D eigenvalue weighted by molar-refractivity contribution is 0.622. The van der Waals surface area contributed by atoms with E-state index in [1.54, 1.807) is 12.1 Å². The van der Waals surface area contributed by atoms with Crippen molar-refractivity contribution in [1.82, 2.24) is 19.9 Å². The molecule has 4 rings (SSSR count). The monoisotopic (exact) mass is 314 g/mol. The van der Waals surface area contributed by atoms with E-state index in [1.807, 2.05) is 12.1 Å². The molecule has 0 saturated heterocycles. The molecule has 0 amide bonds. The highest BCUT2D eigenvalue weighted by Crippen LogP contribution is 2.29. The standard InChI is InChI=1S/C15H8ClFN4O/c16-10-5-9(17)6-18-13(10)7-1-2-11-8(3-7)4-12-14(19-11)21-15(22)20-12/h1-6H,(H2,19,20,21,22). The summed E-state index contributed by atoms with van der Waals surface area (Å²) in [6.45, 7) is 0. The summed E-state index contributed by atoms with van der Waals surface area (Å²) in [6, 6.07) is 8.49. The predicted octanol–water partition coefficient (Wildman–Crippen LogP) is 3.26. The van der Waals surface area contributed by atoms with Crippen molar-refractivity contribution in [1.29, 1.82) is 0 Å². The Hall–Kier alpha value is -2.73. The highest BCUT2D eigenvalue weighted by molar-refractivity contribution is 6.33. The maximum Gasteiger partial charge on any atom is 0.325 e. The molecule has 4 aromatic rings. The molecule has 0 spiro atoms. The van der Waals surface area contributed by atoms with Crippen molar-refractivity contribution in [2.45, 2.75) is 0 Å². The number of rotatable bonds is 1. The number of benzene rings is 1. The quantitative estimate of drug-likeness (QED) is 0.566. The Labute approximate surface area is 127 Å². The molecule has 3 aromatic heterocycles. The summed E-state index contributed by atoms with van der Waals surface area (Å²) >= 11 is 6.04. The molecule has 0 radical (unpaired) electrons. The lowest BCUT2D eigenvalue weighted by atomic mass is 10.1. The highest BCUT2D eigenvalue weighted by Gasteiger charge is 2.09. The van der Waals surface area contributed by atoms with Gasteiger partial charge in [0.25, 0.3) is 0 Å². The number of hydrogen-bond donors (Lipinski definition) is 2. The second-order valence-corrected chi connectivity index (χ2v) is 5.26. The summed E-state index contributed by atoms with van der Waals surface area (Å²) in [4.78, 5) is 25.0. The van der Waals surface area contributed by atoms with E-state index in [-0.39, 0.29) is 10.7 Å². The fourth-order valence-corrected chi connectivity index (χ4v) is 2.66. The van der Waals surface area contributed by atoms with E-state index in [0.717, 1.165) is 22.7 Å². The number of nitrogens with zero attached hydrogens (tertiary/aromatic N) is 2. The van der Waals surface area contributed by atoms with Crippen molar-refractivity contribution in [2.24, 2.45) is 0 Å². The summed E-state index contributed by atoms with van der Waals surface area (Å²) in [7, 11) is 0. The molecule has 0 aliphatic carbocycles.